The molecule has 0 aliphatic carbocycles. The summed E-state index contributed by atoms with van der Waals surface area (Å²) in [6, 6.07) is -0.278. The number of hydrogen-bond donors (Lipinski definition) is 0. The van der Waals surface area contributed by atoms with E-state index in [2.05, 4.69) is 5.10 Å². The van der Waals surface area contributed by atoms with Crippen LogP contribution in [-0.2, 0) is 11.8 Å². The van der Waals surface area contributed by atoms with Crippen molar-refractivity contribution in [3.05, 3.63) is 18.0 Å². The van der Waals surface area contributed by atoms with Crippen LogP contribution >= 0.6 is 0 Å². The van der Waals surface area contributed by atoms with E-state index in [0.717, 1.165) is 0 Å². The zero-order chi connectivity index (χ0) is 14.9. The fraction of sp³-hybridized carbons (Fsp3) is 0.615. The van der Waals surface area contributed by atoms with Crippen LogP contribution in [0.5, 0.6) is 0 Å². The maximum atomic E-state index is 12.4. The summed E-state index contributed by atoms with van der Waals surface area (Å²) in [6.45, 7) is 1.74. The zero-order valence-corrected chi connectivity index (χ0v) is 12.4. The minimum Gasteiger partial charge on any atom is -0.347 e. The van der Waals surface area contributed by atoms with Crippen molar-refractivity contribution in [3.63, 3.8) is 0 Å². The Balaban J connectivity index is 2.10. The standard InChI is InChI=1S/C13H21N5O2/c1-15(2)13(20)11-9-18(6-5-16(11)3)12(19)10-7-14-17(4)8-10/h7-8,11H,5-6,9H2,1-4H3. The topological polar surface area (TPSA) is 61.7 Å². The van der Waals surface area contributed by atoms with Crippen LogP contribution in [0.4, 0.5) is 0 Å². The minimum atomic E-state index is -0.278. The number of rotatable bonds is 2. The van der Waals surface area contributed by atoms with Gasteiger partial charge in [-0.05, 0) is 7.05 Å². The van der Waals surface area contributed by atoms with Crippen molar-refractivity contribution in [2.75, 3.05) is 40.8 Å². The molecule has 0 aromatic carbocycles. The first-order chi connectivity index (χ1) is 9.40. The molecule has 20 heavy (non-hydrogen) atoms. The molecule has 110 valence electrons. The van der Waals surface area contributed by atoms with Crippen LogP contribution in [0.25, 0.3) is 0 Å². The van der Waals surface area contributed by atoms with Gasteiger partial charge in [-0.1, -0.05) is 0 Å². The lowest BCUT2D eigenvalue weighted by atomic mass is 10.1. The molecule has 1 aliphatic rings. The summed E-state index contributed by atoms with van der Waals surface area (Å²) in [7, 11) is 7.16. The van der Waals surface area contributed by atoms with Crippen molar-refractivity contribution in [2.24, 2.45) is 7.05 Å². The van der Waals surface area contributed by atoms with Gasteiger partial charge in [-0.2, -0.15) is 5.10 Å². The van der Waals surface area contributed by atoms with Gasteiger partial charge in [-0.25, -0.2) is 0 Å². The van der Waals surface area contributed by atoms with E-state index in [1.807, 2.05) is 11.9 Å². The number of hydrogen-bond acceptors (Lipinski definition) is 4. The largest absolute Gasteiger partial charge is 0.347 e. The number of nitrogens with zero attached hydrogens (tertiary/aromatic N) is 5. The molecule has 1 aromatic rings. The molecule has 0 N–H and O–H groups in total. The van der Waals surface area contributed by atoms with E-state index in [1.165, 1.54) is 0 Å². The molecule has 1 fully saturated rings. The van der Waals surface area contributed by atoms with Gasteiger partial charge in [0.25, 0.3) is 5.91 Å². The molecule has 7 heteroatoms. The molecule has 0 radical (unpaired) electrons. The molecule has 1 aliphatic heterocycles. The summed E-state index contributed by atoms with van der Waals surface area (Å²) < 4.78 is 1.60. The Kier molecular flexibility index (Phi) is 4.08. The highest BCUT2D eigenvalue weighted by Gasteiger charge is 2.33. The molecular weight excluding hydrogens is 258 g/mol. The second-order valence-corrected chi connectivity index (χ2v) is 5.38. The smallest absolute Gasteiger partial charge is 0.257 e. The van der Waals surface area contributed by atoms with Crippen molar-refractivity contribution >= 4 is 11.8 Å². The maximum Gasteiger partial charge on any atom is 0.257 e. The second kappa shape index (κ2) is 5.62. The fourth-order valence-corrected chi connectivity index (χ4v) is 2.34. The van der Waals surface area contributed by atoms with Gasteiger partial charge in [0.05, 0.1) is 11.8 Å². The second-order valence-electron chi connectivity index (χ2n) is 5.38. The lowest BCUT2D eigenvalue weighted by Gasteiger charge is -2.39. The monoisotopic (exact) mass is 279 g/mol. The van der Waals surface area contributed by atoms with Gasteiger partial charge in [0.15, 0.2) is 0 Å². The van der Waals surface area contributed by atoms with Crippen LogP contribution < -0.4 is 0 Å². The van der Waals surface area contributed by atoms with Crippen LogP contribution in [0.2, 0.25) is 0 Å². The molecule has 0 spiro atoms. The Labute approximate surface area is 118 Å². The summed E-state index contributed by atoms with van der Waals surface area (Å²) in [5, 5.41) is 4.01. The van der Waals surface area contributed by atoms with Crippen molar-refractivity contribution < 1.29 is 9.59 Å². The average Bonchev–Trinajstić information content (AvgIpc) is 2.84. The molecule has 1 unspecified atom stereocenters. The van der Waals surface area contributed by atoms with Gasteiger partial charge in [-0.15, -0.1) is 0 Å². The third kappa shape index (κ3) is 2.82. The lowest BCUT2D eigenvalue weighted by Crippen LogP contribution is -2.58. The third-order valence-corrected chi connectivity index (χ3v) is 3.61. The van der Waals surface area contributed by atoms with Gasteiger partial charge < -0.3 is 9.80 Å². The first kappa shape index (κ1) is 14.5. The maximum absolute atomic E-state index is 12.4. The molecule has 2 heterocycles. The zero-order valence-electron chi connectivity index (χ0n) is 12.4. The van der Waals surface area contributed by atoms with Gasteiger partial charge in [0, 0.05) is 47.0 Å². The minimum absolute atomic E-state index is 0.0242. The summed E-state index contributed by atoms with van der Waals surface area (Å²) in [6.07, 6.45) is 3.26. The van der Waals surface area contributed by atoms with Crippen molar-refractivity contribution in [2.45, 2.75) is 6.04 Å². The number of carbonyl (C=O) groups excluding carboxylic acids is 2. The van der Waals surface area contributed by atoms with Crippen molar-refractivity contribution in [1.82, 2.24) is 24.5 Å². The molecule has 0 bridgehead atoms. The Morgan fingerprint density at radius 2 is 2.00 bits per heavy atom. The van der Waals surface area contributed by atoms with Crippen LogP contribution in [0.3, 0.4) is 0 Å². The number of amides is 2. The Bertz CT molecular complexity index is 511. The highest BCUT2D eigenvalue weighted by Crippen LogP contribution is 2.13. The molecule has 1 aromatic heterocycles. The number of aryl methyl sites for hydroxylation is 1. The summed E-state index contributed by atoms with van der Waals surface area (Å²) >= 11 is 0. The van der Waals surface area contributed by atoms with E-state index in [0.29, 0.717) is 25.2 Å². The molecule has 2 rings (SSSR count). The molecule has 0 saturated carbocycles. The quantitative estimate of drug-likeness (QED) is 0.716. The van der Waals surface area contributed by atoms with Crippen LogP contribution in [0, 0.1) is 0 Å². The Hall–Kier alpha value is -1.89. The SMILES string of the molecule is CN(C)C(=O)C1CN(C(=O)c2cnn(C)c2)CCN1C. The number of piperazine rings is 1. The van der Waals surface area contributed by atoms with Crippen LogP contribution in [-0.4, -0.2) is 83.1 Å². The average molecular weight is 279 g/mol. The highest BCUT2D eigenvalue weighted by molar-refractivity contribution is 5.94. The summed E-state index contributed by atoms with van der Waals surface area (Å²) in [4.78, 5) is 29.8. The van der Waals surface area contributed by atoms with E-state index in [1.54, 1.807) is 48.0 Å². The van der Waals surface area contributed by atoms with Crippen LogP contribution in [0.15, 0.2) is 12.4 Å². The Morgan fingerprint density at radius 3 is 2.55 bits per heavy atom. The highest BCUT2D eigenvalue weighted by atomic mass is 16.2. The molecule has 1 atom stereocenters. The van der Waals surface area contributed by atoms with E-state index in [-0.39, 0.29) is 17.9 Å². The predicted molar refractivity (Wildman–Crippen MR) is 74.2 cm³/mol. The number of aromatic nitrogens is 2. The number of carbonyl (C=O) groups is 2. The van der Waals surface area contributed by atoms with Gasteiger partial charge in [0.1, 0.15) is 6.04 Å². The third-order valence-electron chi connectivity index (χ3n) is 3.61. The van der Waals surface area contributed by atoms with Crippen LogP contribution in [0.1, 0.15) is 10.4 Å². The Morgan fingerprint density at radius 1 is 1.30 bits per heavy atom. The van der Waals surface area contributed by atoms with E-state index >= 15 is 0 Å². The normalized spacial score (nSPS) is 20.0. The summed E-state index contributed by atoms with van der Waals surface area (Å²) in [5.74, 6) is -0.0426. The van der Waals surface area contributed by atoms with Crippen molar-refractivity contribution in [3.8, 4) is 0 Å². The fourth-order valence-electron chi connectivity index (χ4n) is 2.34. The molecule has 2 amide bonds. The van der Waals surface area contributed by atoms with Gasteiger partial charge in [0.2, 0.25) is 5.91 Å². The van der Waals surface area contributed by atoms with E-state index in [4.69, 9.17) is 0 Å². The van der Waals surface area contributed by atoms with Crippen molar-refractivity contribution in [1.29, 1.82) is 0 Å². The number of likely N-dealkylation sites (N-methyl/N-ethyl adjacent to an activating group) is 2. The van der Waals surface area contributed by atoms with Gasteiger partial charge >= 0.3 is 0 Å². The molecular formula is C13H21N5O2. The van der Waals surface area contributed by atoms with E-state index in [9.17, 15) is 9.59 Å². The van der Waals surface area contributed by atoms with E-state index < -0.39 is 0 Å². The summed E-state index contributed by atoms with van der Waals surface area (Å²) in [5.41, 5.74) is 0.563. The predicted octanol–water partition coefficient (Wildman–Crippen LogP) is -0.735. The lowest BCUT2D eigenvalue weighted by molar-refractivity contribution is -0.135. The first-order valence-corrected chi connectivity index (χ1v) is 6.59. The van der Waals surface area contributed by atoms with Gasteiger partial charge in [-0.3, -0.25) is 19.2 Å². The molecule has 1 saturated heterocycles. The first-order valence-electron chi connectivity index (χ1n) is 6.59. The molecule has 7 nitrogen and oxygen atoms in total.